The first-order valence-electron chi connectivity index (χ1n) is 8.73. The fourth-order valence-electron chi connectivity index (χ4n) is 3.33. The Bertz CT molecular complexity index is 739. The van der Waals surface area contributed by atoms with Crippen LogP contribution in [0, 0.1) is 0 Å². The predicted molar refractivity (Wildman–Crippen MR) is 98.7 cm³/mol. The zero-order chi connectivity index (χ0) is 17.7. The Morgan fingerprint density at radius 3 is 2.56 bits per heavy atom. The van der Waals surface area contributed by atoms with E-state index >= 15 is 0 Å². The van der Waals surface area contributed by atoms with Crippen molar-refractivity contribution >= 4 is 10.0 Å². The summed E-state index contributed by atoms with van der Waals surface area (Å²) in [4.78, 5) is 9.91. The number of sulfonamides is 1. The second kappa shape index (κ2) is 8.12. The third kappa shape index (κ3) is 5.14. The number of likely N-dealkylation sites (tertiary alicyclic amines) is 1. The monoisotopic (exact) mass is 362 g/mol. The highest BCUT2D eigenvalue weighted by atomic mass is 32.2. The van der Waals surface area contributed by atoms with Gasteiger partial charge in [-0.2, -0.15) is 4.31 Å². The van der Waals surface area contributed by atoms with Gasteiger partial charge in [0, 0.05) is 37.9 Å². The summed E-state index contributed by atoms with van der Waals surface area (Å²) >= 11 is 0. The number of rotatable bonds is 7. The van der Waals surface area contributed by atoms with Gasteiger partial charge in [-0.3, -0.25) is 0 Å². The minimum Gasteiger partial charge on any atom is -0.348 e. The van der Waals surface area contributed by atoms with Gasteiger partial charge in [0.05, 0.1) is 6.26 Å². The maximum atomic E-state index is 12.1. The van der Waals surface area contributed by atoms with E-state index < -0.39 is 10.0 Å². The first kappa shape index (κ1) is 18.1. The van der Waals surface area contributed by atoms with Crippen molar-refractivity contribution in [2.45, 2.75) is 25.3 Å². The molecule has 0 amide bonds. The number of nitrogens with one attached hydrogen (secondary N) is 1. The normalized spacial score (nSPS) is 17.2. The molecule has 6 nitrogen and oxygen atoms in total. The molecule has 0 atom stereocenters. The van der Waals surface area contributed by atoms with Crippen LogP contribution in [-0.4, -0.2) is 60.0 Å². The van der Waals surface area contributed by atoms with Gasteiger partial charge in [-0.25, -0.2) is 13.4 Å². The Morgan fingerprint density at radius 1 is 1.24 bits per heavy atom. The van der Waals surface area contributed by atoms with Crippen LogP contribution >= 0.6 is 0 Å². The lowest BCUT2D eigenvalue weighted by atomic mass is 9.96. The Balaban J connectivity index is 1.52. The van der Waals surface area contributed by atoms with Gasteiger partial charge in [0.25, 0.3) is 0 Å². The molecule has 2 aromatic rings. The molecule has 0 unspecified atom stereocenters. The van der Waals surface area contributed by atoms with Crippen molar-refractivity contribution in [2.24, 2.45) is 0 Å². The fourth-order valence-corrected chi connectivity index (χ4v) is 4.13. The van der Waals surface area contributed by atoms with Crippen LogP contribution in [0.15, 0.2) is 42.7 Å². The molecule has 0 aliphatic carbocycles. The van der Waals surface area contributed by atoms with Crippen LogP contribution in [0.3, 0.4) is 0 Å². The molecule has 1 N–H and O–H groups in total. The molecule has 0 bridgehead atoms. The van der Waals surface area contributed by atoms with Crippen LogP contribution in [0.4, 0.5) is 0 Å². The number of imidazole rings is 1. The summed E-state index contributed by atoms with van der Waals surface area (Å²) < 4.78 is 25.8. The van der Waals surface area contributed by atoms with Gasteiger partial charge in [-0.15, -0.1) is 0 Å². The minimum atomic E-state index is -3.22. The van der Waals surface area contributed by atoms with Crippen LogP contribution in [0.2, 0.25) is 0 Å². The van der Waals surface area contributed by atoms with E-state index in [4.69, 9.17) is 0 Å². The number of H-pyrrole nitrogens is 1. The molecule has 7 heteroatoms. The molecule has 1 aromatic carbocycles. The molecule has 1 aliphatic rings. The molecule has 2 heterocycles. The lowest BCUT2D eigenvalue weighted by Crippen LogP contribution is -2.41. The van der Waals surface area contributed by atoms with Crippen molar-refractivity contribution in [3.8, 4) is 0 Å². The summed E-state index contributed by atoms with van der Waals surface area (Å²) in [5.41, 5.74) is 1.02. The Morgan fingerprint density at radius 2 is 1.96 bits per heavy atom. The standard InChI is InChI=1S/C18H26N4O2S/c1-25(23,24)22(15-16-5-3-2-4-6-16)14-13-21-11-7-17(8-12-21)18-19-9-10-20-18/h2-6,9-10,17H,7-8,11-15H2,1H3,(H,19,20). The number of benzene rings is 1. The zero-order valence-electron chi connectivity index (χ0n) is 14.6. The Hall–Kier alpha value is -1.70. The van der Waals surface area contributed by atoms with Crippen LogP contribution in [-0.2, 0) is 16.6 Å². The van der Waals surface area contributed by atoms with E-state index in [9.17, 15) is 8.42 Å². The van der Waals surface area contributed by atoms with Crippen LogP contribution in [0.5, 0.6) is 0 Å². The van der Waals surface area contributed by atoms with Crippen LogP contribution in [0.25, 0.3) is 0 Å². The summed E-state index contributed by atoms with van der Waals surface area (Å²) in [5, 5.41) is 0. The van der Waals surface area contributed by atoms with Crippen molar-refractivity contribution in [1.82, 2.24) is 19.2 Å². The number of nitrogens with zero attached hydrogens (tertiary/aromatic N) is 3. The van der Waals surface area contributed by atoms with Crippen molar-refractivity contribution in [3.05, 3.63) is 54.1 Å². The molecule has 1 saturated heterocycles. The number of hydrogen-bond acceptors (Lipinski definition) is 4. The van der Waals surface area contributed by atoms with Crippen molar-refractivity contribution in [1.29, 1.82) is 0 Å². The predicted octanol–water partition coefficient (Wildman–Crippen LogP) is 2.05. The molecular weight excluding hydrogens is 336 g/mol. The molecule has 1 fully saturated rings. The topological polar surface area (TPSA) is 69.3 Å². The average molecular weight is 362 g/mol. The summed E-state index contributed by atoms with van der Waals surface area (Å²) in [6.07, 6.45) is 7.08. The second-order valence-electron chi connectivity index (χ2n) is 6.67. The highest BCUT2D eigenvalue weighted by Gasteiger charge is 2.24. The summed E-state index contributed by atoms with van der Waals surface area (Å²) in [6, 6.07) is 9.75. The molecule has 0 spiro atoms. The SMILES string of the molecule is CS(=O)(=O)N(CCN1CCC(c2ncc[nH]2)CC1)Cc1ccccc1. The molecule has 1 aliphatic heterocycles. The fraction of sp³-hybridized carbons (Fsp3) is 0.500. The van der Waals surface area contributed by atoms with E-state index in [2.05, 4.69) is 14.9 Å². The van der Waals surface area contributed by atoms with Gasteiger partial charge in [-0.1, -0.05) is 30.3 Å². The van der Waals surface area contributed by atoms with Gasteiger partial charge < -0.3 is 9.88 Å². The van der Waals surface area contributed by atoms with Crippen molar-refractivity contribution < 1.29 is 8.42 Å². The molecule has 136 valence electrons. The summed E-state index contributed by atoms with van der Waals surface area (Å²) in [6.45, 7) is 3.69. The van der Waals surface area contributed by atoms with Crippen LogP contribution in [0.1, 0.15) is 30.1 Å². The number of piperidine rings is 1. The Labute approximate surface area is 149 Å². The summed E-state index contributed by atoms with van der Waals surface area (Å²) in [7, 11) is -3.22. The maximum absolute atomic E-state index is 12.1. The average Bonchev–Trinajstić information content (AvgIpc) is 3.13. The highest BCUT2D eigenvalue weighted by Crippen LogP contribution is 2.25. The van der Waals surface area contributed by atoms with Crippen molar-refractivity contribution in [2.75, 3.05) is 32.4 Å². The van der Waals surface area contributed by atoms with E-state index in [0.29, 0.717) is 19.0 Å². The van der Waals surface area contributed by atoms with E-state index in [-0.39, 0.29) is 0 Å². The molecule has 0 saturated carbocycles. The first-order chi connectivity index (χ1) is 12.0. The number of aromatic amines is 1. The third-order valence-corrected chi connectivity index (χ3v) is 6.08. The molecule has 0 radical (unpaired) electrons. The number of aromatic nitrogens is 2. The van der Waals surface area contributed by atoms with E-state index in [1.807, 2.05) is 36.5 Å². The van der Waals surface area contributed by atoms with Gasteiger partial charge in [0.2, 0.25) is 10.0 Å². The van der Waals surface area contributed by atoms with Gasteiger partial charge in [0.15, 0.2) is 0 Å². The minimum absolute atomic E-state index is 0.433. The van der Waals surface area contributed by atoms with Gasteiger partial charge in [-0.05, 0) is 31.5 Å². The highest BCUT2D eigenvalue weighted by molar-refractivity contribution is 7.88. The van der Waals surface area contributed by atoms with Crippen molar-refractivity contribution in [3.63, 3.8) is 0 Å². The zero-order valence-corrected chi connectivity index (χ0v) is 15.5. The molecule has 1 aromatic heterocycles. The molecular formula is C18H26N4O2S. The summed E-state index contributed by atoms with van der Waals surface area (Å²) in [5.74, 6) is 1.56. The van der Waals surface area contributed by atoms with Gasteiger partial charge in [0.1, 0.15) is 5.82 Å². The lowest BCUT2D eigenvalue weighted by Gasteiger charge is -2.32. The van der Waals surface area contributed by atoms with Crippen LogP contribution < -0.4 is 0 Å². The van der Waals surface area contributed by atoms with E-state index in [1.54, 1.807) is 10.5 Å². The lowest BCUT2D eigenvalue weighted by molar-refractivity contribution is 0.196. The maximum Gasteiger partial charge on any atom is 0.211 e. The first-order valence-corrected chi connectivity index (χ1v) is 10.6. The Kier molecular flexibility index (Phi) is 5.88. The third-order valence-electron chi connectivity index (χ3n) is 4.83. The largest absolute Gasteiger partial charge is 0.348 e. The quantitative estimate of drug-likeness (QED) is 0.818. The van der Waals surface area contributed by atoms with Gasteiger partial charge >= 0.3 is 0 Å². The van der Waals surface area contributed by atoms with E-state index in [1.165, 1.54) is 6.26 Å². The second-order valence-corrected chi connectivity index (χ2v) is 8.65. The molecule has 3 rings (SSSR count). The van der Waals surface area contributed by atoms with E-state index in [0.717, 1.165) is 43.9 Å². The molecule has 25 heavy (non-hydrogen) atoms. The smallest absolute Gasteiger partial charge is 0.211 e. The number of hydrogen-bond donors (Lipinski definition) is 1.